The second kappa shape index (κ2) is 4.60. The second-order valence-electron chi connectivity index (χ2n) is 4.09. The molecule has 2 rings (SSSR count). The molecule has 1 aliphatic rings. The van der Waals surface area contributed by atoms with Crippen molar-refractivity contribution in [2.24, 2.45) is 0 Å². The third-order valence-electron chi connectivity index (χ3n) is 3.21. The molecule has 1 fully saturated rings. The number of rotatable bonds is 2. The summed E-state index contributed by atoms with van der Waals surface area (Å²) in [6.07, 6.45) is 10.5. The molecule has 0 spiro atoms. The first-order valence-electron chi connectivity index (χ1n) is 5.58. The zero-order valence-corrected chi connectivity index (χ0v) is 8.82. The van der Waals surface area contributed by atoms with Crippen LogP contribution in [-0.4, -0.2) is 22.9 Å². The largest absolute Gasteiger partial charge is 0.315 e. The Morgan fingerprint density at radius 3 is 2.86 bits per heavy atom. The van der Waals surface area contributed by atoms with E-state index in [1.807, 2.05) is 12.3 Å². The van der Waals surface area contributed by atoms with Gasteiger partial charge < -0.3 is 5.32 Å². The minimum atomic E-state index is 0.553. The Labute approximate surface area is 85.5 Å². The second-order valence-corrected chi connectivity index (χ2v) is 4.09. The first-order chi connectivity index (χ1) is 6.92. The fourth-order valence-electron chi connectivity index (χ4n) is 2.42. The van der Waals surface area contributed by atoms with Crippen LogP contribution in [0.25, 0.3) is 0 Å². The van der Waals surface area contributed by atoms with E-state index in [-0.39, 0.29) is 0 Å². The molecule has 0 amide bonds. The summed E-state index contributed by atoms with van der Waals surface area (Å²) in [6.45, 7) is 0. The molecule has 0 bridgehead atoms. The van der Waals surface area contributed by atoms with Crippen molar-refractivity contribution in [3.8, 4) is 0 Å². The van der Waals surface area contributed by atoms with E-state index in [9.17, 15) is 0 Å². The molecule has 3 heteroatoms. The average molecular weight is 193 g/mol. The van der Waals surface area contributed by atoms with Crippen molar-refractivity contribution < 1.29 is 0 Å². The SMILES string of the molecule is CNC1CCCCCC1n1cccn1. The first kappa shape index (κ1) is 9.71. The summed E-state index contributed by atoms with van der Waals surface area (Å²) in [5, 5.41) is 7.78. The fourth-order valence-corrected chi connectivity index (χ4v) is 2.42. The van der Waals surface area contributed by atoms with E-state index in [0.717, 1.165) is 0 Å². The summed E-state index contributed by atoms with van der Waals surface area (Å²) in [4.78, 5) is 0. The van der Waals surface area contributed by atoms with Crippen molar-refractivity contribution in [1.29, 1.82) is 0 Å². The molecule has 1 saturated carbocycles. The van der Waals surface area contributed by atoms with E-state index in [1.54, 1.807) is 0 Å². The van der Waals surface area contributed by atoms with Gasteiger partial charge in [-0.25, -0.2) is 0 Å². The van der Waals surface area contributed by atoms with Crippen LogP contribution in [0.3, 0.4) is 0 Å². The molecular formula is C11H19N3. The standard InChI is InChI=1S/C11H19N3/c1-12-10-6-3-2-4-7-11(10)14-9-5-8-13-14/h5,8-12H,2-4,6-7H2,1H3. The van der Waals surface area contributed by atoms with E-state index in [1.165, 1.54) is 32.1 Å². The Morgan fingerprint density at radius 2 is 2.14 bits per heavy atom. The molecule has 3 nitrogen and oxygen atoms in total. The number of nitrogens with one attached hydrogen (secondary N) is 1. The average Bonchev–Trinajstić information content (AvgIpc) is 2.63. The number of likely N-dealkylation sites (N-methyl/N-ethyl adjacent to an activating group) is 1. The zero-order valence-electron chi connectivity index (χ0n) is 8.82. The molecule has 1 N–H and O–H groups in total. The van der Waals surface area contributed by atoms with Crippen LogP contribution in [-0.2, 0) is 0 Å². The number of hydrogen-bond acceptors (Lipinski definition) is 2. The van der Waals surface area contributed by atoms with Crippen LogP contribution < -0.4 is 5.32 Å². The summed E-state index contributed by atoms with van der Waals surface area (Å²) < 4.78 is 2.12. The van der Waals surface area contributed by atoms with Gasteiger partial charge in [0, 0.05) is 18.4 Å². The van der Waals surface area contributed by atoms with Crippen LogP contribution in [0.5, 0.6) is 0 Å². The molecule has 0 saturated heterocycles. The normalized spacial score (nSPS) is 28.6. The van der Waals surface area contributed by atoms with Gasteiger partial charge in [-0.3, -0.25) is 4.68 Å². The molecule has 78 valence electrons. The maximum atomic E-state index is 4.36. The van der Waals surface area contributed by atoms with E-state index < -0.39 is 0 Å². The van der Waals surface area contributed by atoms with Gasteiger partial charge in [0.25, 0.3) is 0 Å². The maximum Gasteiger partial charge on any atom is 0.0672 e. The van der Waals surface area contributed by atoms with E-state index in [2.05, 4.69) is 28.3 Å². The minimum Gasteiger partial charge on any atom is -0.315 e. The third-order valence-corrected chi connectivity index (χ3v) is 3.21. The number of hydrogen-bond donors (Lipinski definition) is 1. The van der Waals surface area contributed by atoms with E-state index in [4.69, 9.17) is 0 Å². The molecule has 2 atom stereocenters. The van der Waals surface area contributed by atoms with Crippen LogP contribution in [0, 0.1) is 0 Å². The van der Waals surface area contributed by atoms with Crippen LogP contribution in [0.4, 0.5) is 0 Å². The van der Waals surface area contributed by atoms with Crippen LogP contribution in [0.2, 0.25) is 0 Å². The lowest BCUT2D eigenvalue weighted by Crippen LogP contribution is -2.34. The summed E-state index contributed by atoms with van der Waals surface area (Å²) in [5.74, 6) is 0. The summed E-state index contributed by atoms with van der Waals surface area (Å²) in [6, 6.07) is 3.16. The minimum absolute atomic E-state index is 0.553. The van der Waals surface area contributed by atoms with Gasteiger partial charge in [0.05, 0.1) is 6.04 Å². The molecule has 2 unspecified atom stereocenters. The molecule has 0 radical (unpaired) electrons. The molecule has 1 aromatic rings. The predicted molar refractivity (Wildman–Crippen MR) is 57.2 cm³/mol. The summed E-state index contributed by atoms with van der Waals surface area (Å²) >= 11 is 0. The molecule has 1 heterocycles. The van der Waals surface area contributed by atoms with Crippen molar-refractivity contribution in [3.05, 3.63) is 18.5 Å². The Balaban J connectivity index is 2.12. The van der Waals surface area contributed by atoms with E-state index >= 15 is 0 Å². The highest BCUT2D eigenvalue weighted by Gasteiger charge is 2.23. The molecule has 1 aliphatic carbocycles. The Hall–Kier alpha value is -0.830. The van der Waals surface area contributed by atoms with Crippen molar-refractivity contribution in [3.63, 3.8) is 0 Å². The monoisotopic (exact) mass is 193 g/mol. The topological polar surface area (TPSA) is 29.9 Å². The first-order valence-corrected chi connectivity index (χ1v) is 5.58. The smallest absolute Gasteiger partial charge is 0.0672 e. The Morgan fingerprint density at radius 1 is 1.29 bits per heavy atom. The number of aromatic nitrogens is 2. The highest BCUT2D eigenvalue weighted by Crippen LogP contribution is 2.26. The van der Waals surface area contributed by atoms with Crippen LogP contribution in [0.1, 0.15) is 38.1 Å². The van der Waals surface area contributed by atoms with Crippen molar-refractivity contribution >= 4 is 0 Å². The Kier molecular flexibility index (Phi) is 3.19. The van der Waals surface area contributed by atoms with Gasteiger partial charge in [0.1, 0.15) is 0 Å². The van der Waals surface area contributed by atoms with E-state index in [0.29, 0.717) is 12.1 Å². The zero-order chi connectivity index (χ0) is 9.80. The summed E-state index contributed by atoms with van der Waals surface area (Å²) in [5.41, 5.74) is 0. The van der Waals surface area contributed by atoms with Crippen molar-refractivity contribution in [2.75, 3.05) is 7.05 Å². The van der Waals surface area contributed by atoms with Gasteiger partial charge in [-0.2, -0.15) is 5.10 Å². The lowest BCUT2D eigenvalue weighted by molar-refractivity contribution is 0.323. The lowest BCUT2D eigenvalue weighted by Gasteiger charge is -2.24. The highest BCUT2D eigenvalue weighted by atomic mass is 15.3. The predicted octanol–water partition coefficient (Wildman–Crippen LogP) is 1.98. The lowest BCUT2D eigenvalue weighted by atomic mass is 10.0. The van der Waals surface area contributed by atoms with Gasteiger partial charge in [0.15, 0.2) is 0 Å². The van der Waals surface area contributed by atoms with Crippen LogP contribution in [0.15, 0.2) is 18.5 Å². The van der Waals surface area contributed by atoms with Gasteiger partial charge in [0.2, 0.25) is 0 Å². The molecule has 1 aromatic heterocycles. The quantitative estimate of drug-likeness (QED) is 0.728. The third kappa shape index (κ3) is 1.98. The Bertz CT molecular complexity index is 256. The van der Waals surface area contributed by atoms with Gasteiger partial charge in [-0.1, -0.05) is 19.3 Å². The molecule has 0 aromatic carbocycles. The van der Waals surface area contributed by atoms with Crippen LogP contribution >= 0.6 is 0 Å². The summed E-state index contributed by atoms with van der Waals surface area (Å²) in [7, 11) is 2.06. The van der Waals surface area contributed by atoms with Gasteiger partial charge in [-0.05, 0) is 26.0 Å². The van der Waals surface area contributed by atoms with Gasteiger partial charge >= 0.3 is 0 Å². The maximum absolute atomic E-state index is 4.36. The van der Waals surface area contributed by atoms with Gasteiger partial charge in [-0.15, -0.1) is 0 Å². The highest BCUT2D eigenvalue weighted by molar-refractivity contribution is 4.88. The van der Waals surface area contributed by atoms with Crippen molar-refractivity contribution in [1.82, 2.24) is 15.1 Å². The molecule has 0 aliphatic heterocycles. The number of nitrogens with zero attached hydrogens (tertiary/aromatic N) is 2. The molecule has 14 heavy (non-hydrogen) atoms. The fraction of sp³-hybridized carbons (Fsp3) is 0.727. The molecular weight excluding hydrogens is 174 g/mol. The van der Waals surface area contributed by atoms with Crippen molar-refractivity contribution in [2.45, 2.75) is 44.2 Å².